The quantitative estimate of drug-likeness (QED) is 0.0758. The molecule has 4 saturated heterocycles. The van der Waals surface area contributed by atoms with E-state index >= 15 is 0 Å². The average Bonchev–Trinajstić information content (AvgIpc) is 0.726. The number of aliphatic hydroxyl groups is 3. The van der Waals surface area contributed by atoms with Gasteiger partial charge in [-0.05, 0) is 178 Å². The molecule has 0 aliphatic carbocycles. The summed E-state index contributed by atoms with van der Waals surface area (Å²) in [4.78, 5) is 86.3. The van der Waals surface area contributed by atoms with Gasteiger partial charge in [-0.1, -0.05) is 88.4 Å². The van der Waals surface area contributed by atoms with Crippen LogP contribution in [0.2, 0.25) is 0 Å². The molecule has 8 heterocycles. The molecule has 0 saturated carbocycles. The molecule has 0 aromatic heterocycles. The molecular formula is C103H129BN4NaO21. The summed E-state index contributed by atoms with van der Waals surface area (Å²) >= 11 is 0. The van der Waals surface area contributed by atoms with Crippen LogP contribution in [0.1, 0.15) is 235 Å². The topological polar surface area (TPSA) is 287 Å². The molecule has 16 rings (SSSR count). The number of aliphatic hydroxyl groups excluding tert-OH is 3. The van der Waals surface area contributed by atoms with E-state index in [1.54, 1.807) is 101 Å². The molecule has 8 aliphatic heterocycles. The Morgan fingerprint density at radius 3 is 1.05 bits per heavy atom. The number of para-hydroxylation sites is 4. The second-order valence-electron chi connectivity index (χ2n) is 36.3. The first kappa shape index (κ1) is 102. The van der Waals surface area contributed by atoms with Crippen molar-refractivity contribution in [1.82, 2.24) is 19.6 Å². The molecule has 4 amide bonds. The van der Waals surface area contributed by atoms with Gasteiger partial charge in [0.1, 0.15) is 45.4 Å². The fourth-order valence-corrected chi connectivity index (χ4v) is 18.9. The Labute approximate surface area is 791 Å². The van der Waals surface area contributed by atoms with Gasteiger partial charge in [-0.25, -0.2) is 0 Å². The molecule has 130 heavy (non-hydrogen) atoms. The number of methoxy groups -OCH3 is 4. The number of likely N-dealkylation sites (tertiary alicyclic amines) is 4. The first-order valence-electron chi connectivity index (χ1n) is 44.6. The number of rotatable bonds is 16. The minimum atomic E-state index is -0.671. The van der Waals surface area contributed by atoms with E-state index in [-0.39, 0.29) is 111 Å². The van der Waals surface area contributed by atoms with Crippen LogP contribution in [0.15, 0.2) is 170 Å². The monoisotopic (exact) mass is 1790 g/mol. The summed E-state index contributed by atoms with van der Waals surface area (Å²) in [7, 11) is 7.29. The third kappa shape index (κ3) is 21.0. The maximum Gasteiger partial charge on any atom is 1.00 e. The molecule has 8 aromatic rings. The fraction of sp³-hybridized carbons (Fsp3) is 0.476. The zero-order chi connectivity index (χ0) is 92.5. The van der Waals surface area contributed by atoms with Gasteiger partial charge in [0.15, 0.2) is 57.6 Å². The summed E-state index contributed by atoms with van der Waals surface area (Å²) in [5.41, 5.74) is 1.90. The van der Waals surface area contributed by atoms with Crippen molar-refractivity contribution in [1.29, 1.82) is 0 Å². The van der Waals surface area contributed by atoms with Gasteiger partial charge >= 0.3 is 29.6 Å². The van der Waals surface area contributed by atoms with Crippen LogP contribution in [0.4, 0.5) is 0 Å². The van der Waals surface area contributed by atoms with Crippen molar-refractivity contribution >= 4 is 43.6 Å². The Morgan fingerprint density at radius 2 is 0.677 bits per heavy atom. The van der Waals surface area contributed by atoms with Crippen molar-refractivity contribution in [3.8, 4) is 69.0 Å². The normalized spacial score (nSPS) is 19.8. The van der Waals surface area contributed by atoms with E-state index in [0.29, 0.717) is 195 Å². The zero-order valence-electron chi connectivity index (χ0n) is 80.2. The van der Waals surface area contributed by atoms with Crippen molar-refractivity contribution in [2.45, 2.75) is 207 Å². The van der Waals surface area contributed by atoms with Gasteiger partial charge in [0, 0.05) is 164 Å². The van der Waals surface area contributed by atoms with E-state index in [1.807, 2.05) is 200 Å². The van der Waals surface area contributed by atoms with Crippen molar-refractivity contribution in [3.05, 3.63) is 214 Å². The Bertz CT molecular complexity index is 5280. The van der Waals surface area contributed by atoms with Gasteiger partial charge in [0.2, 0.25) is 0 Å². The van der Waals surface area contributed by atoms with Gasteiger partial charge in [-0.3, -0.25) is 28.8 Å². The van der Waals surface area contributed by atoms with Crippen molar-refractivity contribution in [3.63, 3.8) is 0 Å². The number of hydrogen-bond donors (Lipinski definition) is 3. The Morgan fingerprint density at radius 1 is 0.385 bits per heavy atom. The number of fused-ring (bicyclic) bond motifs is 4. The molecule has 4 spiro atoms. The predicted octanol–water partition coefficient (Wildman–Crippen LogP) is 14.3. The van der Waals surface area contributed by atoms with Crippen molar-refractivity contribution in [2.24, 2.45) is 22.7 Å². The largest absolute Gasteiger partial charge is 1.00 e. The van der Waals surface area contributed by atoms with Crippen LogP contribution in [0.25, 0.3) is 0 Å². The van der Waals surface area contributed by atoms with Crippen LogP contribution in [0, 0.1) is 22.7 Å². The van der Waals surface area contributed by atoms with Gasteiger partial charge < -0.3 is 93.2 Å². The average molecular weight is 1790 g/mol. The van der Waals surface area contributed by atoms with Crippen molar-refractivity contribution < 1.29 is 132 Å². The molecule has 8 aliphatic rings. The second-order valence-corrected chi connectivity index (χ2v) is 36.3. The second kappa shape index (κ2) is 42.8. The number of ketones is 2. The van der Waals surface area contributed by atoms with Gasteiger partial charge in [-0.2, -0.15) is 0 Å². The molecule has 27 heteroatoms. The predicted molar refractivity (Wildman–Crippen MR) is 494 cm³/mol. The summed E-state index contributed by atoms with van der Waals surface area (Å²) in [6.07, 6.45) is 3.97. The molecule has 691 valence electrons. The third-order valence-corrected chi connectivity index (χ3v) is 26.6. The van der Waals surface area contributed by atoms with E-state index in [9.17, 15) is 39.0 Å². The van der Waals surface area contributed by atoms with E-state index in [4.69, 9.17) is 61.9 Å². The zero-order valence-corrected chi connectivity index (χ0v) is 81.2. The fourth-order valence-electron chi connectivity index (χ4n) is 18.9. The number of nitrogens with zero attached hydrogens (tertiary/aromatic N) is 4. The maximum absolute atomic E-state index is 13.2. The smallest absolute Gasteiger partial charge is 1.00 e. The molecule has 3 N–H and O–H groups in total. The number of Topliss-reactive ketones (excluding diaryl/α,β-unsaturated/α-hetero) is 2. The number of benzene rings is 8. The summed E-state index contributed by atoms with van der Waals surface area (Å²) in [6, 6.07) is 51.4. The van der Waals surface area contributed by atoms with Crippen LogP contribution >= 0.6 is 0 Å². The van der Waals surface area contributed by atoms with Gasteiger partial charge in [-0.15, -0.1) is 0 Å². The minimum absolute atomic E-state index is 0. The summed E-state index contributed by atoms with van der Waals surface area (Å²) in [5, 5.41) is 29.0. The first-order chi connectivity index (χ1) is 61.0. The summed E-state index contributed by atoms with van der Waals surface area (Å²) in [5.74, 6) is 7.19. The SMILES string of the molecule is CO.COc1cc(C(=O)N2CCC3(CC2)Oc2ccccc2C(=O)C3(C)C)ccc1OC(C)C.COc1cc(C(=O)N2CCC3(CC2)Oc2ccccc2C(=O)C3C)ccc1OC(C)C.COc1cc(C(=O)N2CCC3(CC2)Oc2ccccc2C(O)C3(C)C)ccc1OC(C)C.COc1cc(C(=O)N2CCC3(CC2)Oc2ccccc2C(O)C3C)ccc1OC(C)C.[B].[H-].[Na+]. The molecule has 4 fully saturated rings. The summed E-state index contributed by atoms with van der Waals surface area (Å²) < 4.78 is 70.6. The van der Waals surface area contributed by atoms with E-state index in [2.05, 4.69) is 13.8 Å². The number of carbonyl (C=O) groups excluding carboxylic acids is 6. The van der Waals surface area contributed by atoms with Crippen LogP contribution in [-0.2, 0) is 0 Å². The Kier molecular flexibility index (Phi) is 33.5. The van der Waals surface area contributed by atoms with Crippen LogP contribution in [0.3, 0.4) is 0 Å². The van der Waals surface area contributed by atoms with Gasteiger partial charge in [0.25, 0.3) is 23.6 Å². The number of piperidine rings is 4. The standard InChI is InChI=1S/C26H33NO5.C26H31NO5.C25H31NO5.C25H29NO5.CH4O.B.Na.H/c2*1-17(2)31-21-11-10-18(16-22(21)30-5)24(29)27-14-12-26(13-15-27)25(3,4)23(28)19-8-6-7-9-20(19)32-26;2*1-16(2)30-21-10-9-18(15-22(21)29-4)24(28)26-13-11-25(12-14-26)17(3)23(27)19-7-5-6-8-20(19)31-25;1-2;;;/h6-11,16-17,23,28H,12-15H2,1-5H3;6-11,16-17H,12-15H2,1-5H3;5-10,15-17,23,27H,11-14H2,1-4H3;5-10,15-17H,11-14H2,1-4H3;2H,1H3;;;/q;;;;;;+1;-1. The van der Waals surface area contributed by atoms with E-state index in [0.717, 1.165) is 29.7 Å². The number of ether oxygens (including phenoxy) is 12. The molecule has 4 unspecified atom stereocenters. The van der Waals surface area contributed by atoms with Crippen LogP contribution in [-0.4, -0.2) is 213 Å². The van der Waals surface area contributed by atoms with Crippen molar-refractivity contribution in [2.75, 3.05) is 87.9 Å². The molecule has 0 bridgehead atoms. The summed E-state index contributed by atoms with van der Waals surface area (Å²) in [6.45, 7) is 32.0. The van der Waals surface area contributed by atoms with Crippen LogP contribution < -0.4 is 86.4 Å². The maximum atomic E-state index is 13.2. The number of carbonyl (C=O) groups is 6. The Hall–Kier alpha value is -10.5. The third-order valence-electron chi connectivity index (χ3n) is 26.6. The number of amides is 4. The molecule has 3 radical (unpaired) electrons. The Balaban J connectivity index is 0.000000194. The number of hydrogen-bond acceptors (Lipinski definition) is 21. The van der Waals surface area contributed by atoms with Crippen LogP contribution in [0.5, 0.6) is 69.0 Å². The molecule has 4 atom stereocenters. The molecule has 8 aromatic carbocycles. The van der Waals surface area contributed by atoms with E-state index < -0.39 is 45.4 Å². The first-order valence-corrected chi connectivity index (χ1v) is 44.6. The molecule has 25 nitrogen and oxygen atoms in total. The van der Waals surface area contributed by atoms with E-state index in [1.165, 1.54) is 0 Å². The minimum Gasteiger partial charge on any atom is -1.00 e. The van der Waals surface area contributed by atoms with Gasteiger partial charge in [0.05, 0.1) is 87.5 Å². The molecular weight excluding hydrogens is 1660 g/mol.